The quantitative estimate of drug-likeness (QED) is 0.823. The molecular formula is C18H24N4O2. The molecule has 1 fully saturated rings. The average molecular weight is 328 g/mol. The number of hydrogen-bond donors (Lipinski definition) is 2. The standard InChI is InChI=1S/C18H24N4O2/c1-4-13-9-16(14-5-7-15(23)8-6-14)22-17(13)10-19-18(21-22)20-12(2)11-24-3/h1,9-10,12,14-15,23H,5-8,11H2,2-3H3,(H,20,21)/t12-,14?,15?/m0/s1. The summed E-state index contributed by atoms with van der Waals surface area (Å²) in [6, 6.07) is 2.15. The average Bonchev–Trinajstić information content (AvgIpc) is 2.94. The van der Waals surface area contributed by atoms with Gasteiger partial charge in [-0.3, -0.25) is 0 Å². The maximum absolute atomic E-state index is 9.75. The zero-order chi connectivity index (χ0) is 17.1. The van der Waals surface area contributed by atoms with E-state index in [0.29, 0.717) is 18.5 Å². The highest BCUT2D eigenvalue weighted by atomic mass is 16.5. The van der Waals surface area contributed by atoms with Crippen molar-refractivity contribution in [3.05, 3.63) is 23.5 Å². The molecule has 0 spiro atoms. The van der Waals surface area contributed by atoms with Gasteiger partial charge in [0.25, 0.3) is 0 Å². The van der Waals surface area contributed by atoms with Gasteiger partial charge in [0, 0.05) is 24.8 Å². The second-order valence-corrected chi connectivity index (χ2v) is 6.51. The SMILES string of the molecule is C#Cc1cc(C2CCC(O)CC2)n2nc(N[C@@H](C)COC)ncc12. The Kier molecular flexibility index (Phi) is 5.03. The Labute approximate surface area is 142 Å². The number of nitrogens with zero attached hydrogens (tertiary/aromatic N) is 3. The van der Waals surface area contributed by atoms with Gasteiger partial charge in [-0.2, -0.15) is 0 Å². The van der Waals surface area contributed by atoms with Crippen LogP contribution < -0.4 is 5.32 Å². The lowest BCUT2D eigenvalue weighted by Crippen LogP contribution is -2.23. The van der Waals surface area contributed by atoms with Gasteiger partial charge < -0.3 is 15.2 Å². The van der Waals surface area contributed by atoms with Crippen LogP contribution >= 0.6 is 0 Å². The zero-order valence-electron chi connectivity index (χ0n) is 14.2. The highest BCUT2D eigenvalue weighted by Gasteiger charge is 2.25. The third-order valence-electron chi connectivity index (χ3n) is 4.61. The van der Waals surface area contributed by atoms with Crippen LogP contribution in [0.25, 0.3) is 5.52 Å². The summed E-state index contributed by atoms with van der Waals surface area (Å²) in [5, 5.41) is 17.6. The van der Waals surface area contributed by atoms with Gasteiger partial charge in [0.1, 0.15) is 0 Å². The number of fused-ring (bicyclic) bond motifs is 1. The number of rotatable bonds is 5. The first kappa shape index (κ1) is 16.7. The second-order valence-electron chi connectivity index (χ2n) is 6.51. The number of terminal acetylenes is 1. The molecule has 0 amide bonds. The summed E-state index contributed by atoms with van der Waals surface area (Å²) in [5.74, 6) is 3.65. The summed E-state index contributed by atoms with van der Waals surface area (Å²) in [6.07, 6.45) is 10.8. The molecule has 0 saturated heterocycles. The van der Waals surface area contributed by atoms with Gasteiger partial charge >= 0.3 is 0 Å². The van der Waals surface area contributed by atoms with Crippen LogP contribution in [0.2, 0.25) is 0 Å². The molecule has 3 rings (SSSR count). The van der Waals surface area contributed by atoms with Crippen molar-refractivity contribution >= 4 is 11.5 Å². The van der Waals surface area contributed by atoms with Gasteiger partial charge in [0.15, 0.2) is 0 Å². The van der Waals surface area contributed by atoms with Crippen molar-refractivity contribution in [3.8, 4) is 12.3 Å². The highest BCUT2D eigenvalue weighted by Crippen LogP contribution is 2.34. The molecule has 6 heteroatoms. The number of aliphatic hydroxyl groups is 1. The molecule has 0 unspecified atom stereocenters. The van der Waals surface area contributed by atoms with E-state index in [-0.39, 0.29) is 12.1 Å². The number of methoxy groups -OCH3 is 1. The molecule has 2 aromatic heterocycles. The minimum atomic E-state index is -0.179. The molecule has 0 aliphatic heterocycles. The van der Waals surface area contributed by atoms with Crippen LogP contribution in [0.15, 0.2) is 12.3 Å². The van der Waals surface area contributed by atoms with E-state index in [2.05, 4.69) is 21.3 Å². The first-order chi connectivity index (χ1) is 11.6. The van der Waals surface area contributed by atoms with E-state index in [1.54, 1.807) is 13.3 Å². The fourth-order valence-corrected chi connectivity index (χ4v) is 3.37. The minimum absolute atomic E-state index is 0.114. The normalized spacial score (nSPS) is 22.2. The summed E-state index contributed by atoms with van der Waals surface area (Å²) in [5.41, 5.74) is 2.77. The van der Waals surface area contributed by atoms with Crippen LogP contribution in [-0.2, 0) is 4.74 Å². The van der Waals surface area contributed by atoms with Crippen molar-refractivity contribution in [3.63, 3.8) is 0 Å². The number of ether oxygens (including phenoxy) is 1. The van der Waals surface area contributed by atoms with Crippen LogP contribution in [0.5, 0.6) is 0 Å². The number of hydrogen-bond acceptors (Lipinski definition) is 5. The molecule has 128 valence electrons. The Morgan fingerprint density at radius 1 is 1.46 bits per heavy atom. The molecule has 24 heavy (non-hydrogen) atoms. The van der Waals surface area contributed by atoms with Crippen molar-refractivity contribution < 1.29 is 9.84 Å². The van der Waals surface area contributed by atoms with Crippen molar-refractivity contribution in [1.29, 1.82) is 0 Å². The molecule has 2 heterocycles. The van der Waals surface area contributed by atoms with E-state index >= 15 is 0 Å². The molecule has 0 bridgehead atoms. The molecule has 0 radical (unpaired) electrons. The third kappa shape index (κ3) is 3.37. The van der Waals surface area contributed by atoms with Gasteiger partial charge in [0.05, 0.1) is 30.0 Å². The molecule has 1 saturated carbocycles. The first-order valence-electron chi connectivity index (χ1n) is 8.41. The van der Waals surface area contributed by atoms with Gasteiger partial charge in [-0.15, -0.1) is 11.5 Å². The van der Waals surface area contributed by atoms with Gasteiger partial charge in [-0.25, -0.2) is 9.50 Å². The zero-order valence-corrected chi connectivity index (χ0v) is 14.2. The number of aliphatic hydroxyl groups excluding tert-OH is 1. The van der Waals surface area contributed by atoms with E-state index in [1.165, 1.54) is 0 Å². The third-order valence-corrected chi connectivity index (χ3v) is 4.61. The van der Waals surface area contributed by atoms with Crippen LogP contribution in [0.3, 0.4) is 0 Å². The van der Waals surface area contributed by atoms with Crippen molar-refractivity contribution in [2.45, 2.75) is 50.7 Å². The van der Waals surface area contributed by atoms with E-state index in [4.69, 9.17) is 11.2 Å². The summed E-state index contributed by atoms with van der Waals surface area (Å²) in [4.78, 5) is 4.37. The minimum Gasteiger partial charge on any atom is -0.393 e. The smallest absolute Gasteiger partial charge is 0.241 e. The predicted molar refractivity (Wildman–Crippen MR) is 93.1 cm³/mol. The maximum atomic E-state index is 9.75. The van der Waals surface area contributed by atoms with Gasteiger partial charge in [-0.1, -0.05) is 5.92 Å². The maximum Gasteiger partial charge on any atom is 0.241 e. The summed E-state index contributed by atoms with van der Waals surface area (Å²) in [6.45, 7) is 2.60. The Morgan fingerprint density at radius 3 is 2.88 bits per heavy atom. The Bertz CT molecular complexity index is 741. The topological polar surface area (TPSA) is 71.7 Å². The molecule has 1 aliphatic rings. The second kappa shape index (κ2) is 7.20. The number of nitrogens with one attached hydrogen (secondary N) is 1. The van der Waals surface area contributed by atoms with Gasteiger partial charge in [-0.05, 0) is 38.7 Å². The first-order valence-corrected chi connectivity index (χ1v) is 8.41. The van der Waals surface area contributed by atoms with E-state index < -0.39 is 0 Å². The lowest BCUT2D eigenvalue weighted by Gasteiger charge is -2.25. The summed E-state index contributed by atoms with van der Waals surface area (Å²) in [7, 11) is 1.67. The molecule has 1 atom stereocenters. The van der Waals surface area contributed by atoms with Crippen molar-refractivity contribution in [2.75, 3.05) is 19.0 Å². The van der Waals surface area contributed by atoms with Gasteiger partial charge in [0.2, 0.25) is 5.95 Å². The van der Waals surface area contributed by atoms with Crippen LogP contribution in [0.1, 0.15) is 49.8 Å². The van der Waals surface area contributed by atoms with E-state index in [9.17, 15) is 5.11 Å². The number of aromatic nitrogens is 3. The molecule has 1 aliphatic carbocycles. The van der Waals surface area contributed by atoms with Crippen LogP contribution in [0.4, 0.5) is 5.95 Å². The van der Waals surface area contributed by atoms with Crippen molar-refractivity contribution in [1.82, 2.24) is 14.6 Å². The Balaban J connectivity index is 1.94. The largest absolute Gasteiger partial charge is 0.393 e. The molecule has 2 N–H and O–H groups in total. The fourth-order valence-electron chi connectivity index (χ4n) is 3.37. The van der Waals surface area contributed by atoms with E-state index in [1.807, 2.05) is 17.5 Å². The van der Waals surface area contributed by atoms with E-state index in [0.717, 1.165) is 42.5 Å². The molecule has 0 aromatic carbocycles. The van der Waals surface area contributed by atoms with Crippen molar-refractivity contribution in [2.24, 2.45) is 0 Å². The summed E-state index contributed by atoms with van der Waals surface area (Å²) >= 11 is 0. The Hall–Kier alpha value is -2.10. The number of anilines is 1. The monoisotopic (exact) mass is 328 g/mol. The fraction of sp³-hybridized carbons (Fsp3) is 0.556. The summed E-state index contributed by atoms with van der Waals surface area (Å²) < 4.78 is 7.05. The molecular weight excluding hydrogens is 304 g/mol. The Morgan fingerprint density at radius 2 is 2.21 bits per heavy atom. The van der Waals surface area contributed by atoms with Crippen LogP contribution in [0, 0.1) is 12.3 Å². The van der Waals surface area contributed by atoms with Crippen LogP contribution in [-0.4, -0.2) is 45.6 Å². The highest BCUT2D eigenvalue weighted by molar-refractivity contribution is 5.63. The molecule has 6 nitrogen and oxygen atoms in total. The lowest BCUT2D eigenvalue weighted by molar-refractivity contribution is 0.121. The molecule has 2 aromatic rings. The predicted octanol–water partition coefficient (Wildman–Crippen LogP) is 2.18. The lowest BCUT2D eigenvalue weighted by atomic mass is 9.85.